The molecule has 6 heteroatoms. The second kappa shape index (κ2) is 6.23. The van der Waals surface area contributed by atoms with Crippen molar-refractivity contribution < 1.29 is 14.7 Å². The van der Waals surface area contributed by atoms with Crippen LogP contribution in [-0.2, 0) is 4.79 Å². The van der Waals surface area contributed by atoms with Gasteiger partial charge in [0.2, 0.25) is 0 Å². The molecule has 0 aromatic heterocycles. The van der Waals surface area contributed by atoms with Crippen molar-refractivity contribution in [3.63, 3.8) is 0 Å². The van der Waals surface area contributed by atoms with Crippen LogP contribution in [0.15, 0.2) is 24.3 Å². The van der Waals surface area contributed by atoms with Gasteiger partial charge in [-0.05, 0) is 53.6 Å². The highest BCUT2D eigenvalue weighted by atomic mass is 127. The molecule has 0 bridgehead atoms. The molecule has 1 aliphatic rings. The van der Waals surface area contributed by atoms with Crippen molar-refractivity contribution in [1.29, 1.82) is 0 Å². The molecule has 0 aliphatic heterocycles. The molecule has 2 amide bonds. The molecule has 0 radical (unpaired) electrons. The SMILES string of the molecule is O=C(Nc1cccc(I)c1)NC1CCCC1C(=O)O. The third kappa shape index (κ3) is 3.82. The van der Waals surface area contributed by atoms with Gasteiger partial charge in [0.15, 0.2) is 0 Å². The summed E-state index contributed by atoms with van der Waals surface area (Å²) in [5.41, 5.74) is 0.703. The Morgan fingerprint density at radius 1 is 1.32 bits per heavy atom. The molecular weight excluding hydrogens is 359 g/mol. The van der Waals surface area contributed by atoms with E-state index in [0.29, 0.717) is 12.1 Å². The van der Waals surface area contributed by atoms with Crippen LogP contribution < -0.4 is 10.6 Å². The van der Waals surface area contributed by atoms with Gasteiger partial charge >= 0.3 is 12.0 Å². The number of carboxylic acid groups (broad SMARTS) is 1. The van der Waals surface area contributed by atoms with Crippen molar-refractivity contribution in [1.82, 2.24) is 5.32 Å². The van der Waals surface area contributed by atoms with Crippen molar-refractivity contribution in [2.75, 3.05) is 5.32 Å². The number of amides is 2. The minimum Gasteiger partial charge on any atom is -0.481 e. The molecule has 2 rings (SSSR count). The quantitative estimate of drug-likeness (QED) is 0.712. The molecule has 3 N–H and O–H groups in total. The summed E-state index contributed by atoms with van der Waals surface area (Å²) in [5.74, 6) is -1.31. The molecule has 2 atom stereocenters. The van der Waals surface area contributed by atoms with Crippen LogP contribution in [0.4, 0.5) is 10.5 Å². The van der Waals surface area contributed by atoms with Gasteiger partial charge in [-0.1, -0.05) is 12.5 Å². The number of anilines is 1. The molecule has 0 heterocycles. The van der Waals surface area contributed by atoms with Gasteiger partial charge in [-0.3, -0.25) is 4.79 Å². The molecule has 1 aromatic rings. The summed E-state index contributed by atoms with van der Waals surface area (Å²) in [4.78, 5) is 22.9. The number of aliphatic carboxylic acids is 1. The fourth-order valence-corrected chi connectivity index (χ4v) is 2.87. The van der Waals surface area contributed by atoms with Crippen LogP contribution in [0.5, 0.6) is 0 Å². The first-order chi connectivity index (χ1) is 9.06. The second-order valence-electron chi connectivity index (χ2n) is 4.59. The molecule has 102 valence electrons. The molecule has 1 aliphatic carbocycles. The van der Waals surface area contributed by atoms with Gasteiger partial charge in [-0.15, -0.1) is 0 Å². The Morgan fingerprint density at radius 3 is 2.79 bits per heavy atom. The maximum Gasteiger partial charge on any atom is 0.319 e. The Hall–Kier alpha value is -1.31. The van der Waals surface area contributed by atoms with E-state index in [2.05, 4.69) is 33.2 Å². The summed E-state index contributed by atoms with van der Waals surface area (Å²) in [7, 11) is 0. The zero-order valence-corrected chi connectivity index (χ0v) is 12.4. The minimum atomic E-state index is -0.836. The van der Waals surface area contributed by atoms with E-state index >= 15 is 0 Å². The zero-order chi connectivity index (χ0) is 13.8. The monoisotopic (exact) mass is 374 g/mol. The Kier molecular flexibility index (Phi) is 4.62. The highest BCUT2D eigenvalue weighted by Gasteiger charge is 2.33. The molecule has 1 saturated carbocycles. The van der Waals surface area contributed by atoms with Crippen molar-refractivity contribution in [3.05, 3.63) is 27.8 Å². The van der Waals surface area contributed by atoms with Gasteiger partial charge in [0.25, 0.3) is 0 Å². The summed E-state index contributed by atoms with van der Waals surface area (Å²) < 4.78 is 1.03. The highest BCUT2D eigenvalue weighted by Crippen LogP contribution is 2.25. The molecule has 19 heavy (non-hydrogen) atoms. The van der Waals surface area contributed by atoms with Crippen molar-refractivity contribution in [2.45, 2.75) is 25.3 Å². The molecule has 5 nitrogen and oxygen atoms in total. The van der Waals surface area contributed by atoms with Crippen molar-refractivity contribution >= 4 is 40.3 Å². The van der Waals surface area contributed by atoms with E-state index in [-0.39, 0.29) is 12.1 Å². The number of rotatable bonds is 3. The van der Waals surface area contributed by atoms with E-state index in [4.69, 9.17) is 5.11 Å². The summed E-state index contributed by atoms with van der Waals surface area (Å²) in [6, 6.07) is 6.81. The van der Waals surface area contributed by atoms with Gasteiger partial charge in [0, 0.05) is 15.3 Å². The third-order valence-corrected chi connectivity index (χ3v) is 3.90. The summed E-state index contributed by atoms with van der Waals surface area (Å²) in [6.07, 6.45) is 2.19. The lowest BCUT2D eigenvalue weighted by molar-refractivity contribution is -0.142. The van der Waals surface area contributed by atoms with Gasteiger partial charge < -0.3 is 15.7 Å². The number of halogens is 1. The lowest BCUT2D eigenvalue weighted by Gasteiger charge is -2.18. The van der Waals surface area contributed by atoms with Crippen LogP contribution in [0, 0.1) is 9.49 Å². The number of carboxylic acids is 1. The Bertz CT molecular complexity index is 493. The fraction of sp³-hybridized carbons (Fsp3) is 0.385. The number of hydrogen-bond donors (Lipinski definition) is 3. The van der Waals surface area contributed by atoms with Crippen LogP contribution in [0.1, 0.15) is 19.3 Å². The number of carbonyl (C=O) groups is 2. The van der Waals surface area contributed by atoms with E-state index in [0.717, 1.165) is 16.4 Å². The normalized spacial score (nSPS) is 21.9. The molecule has 0 saturated heterocycles. The van der Waals surface area contributed by atoms with Crippen molar-refractivity contribution in [2.24, 2.45) is 5.92 Å². The van der Waals surface area contributed by atoms with Crippen LogP contribution in [0.2, 0.25) is 0 Å². The number of benzene rings is 1. The predicted molar refractivity (Wildman–Crippen MR) is 80.1 cm³/mol. The Labute approximate surface area is 124 Å². The molecule has 2 unspecified atom stereocenters. The van der Waals surface area contributed by atoms with Crippen LogP contribution in [0.25, 0.3) is 0 Å². The zero-order valence-electron chi connectivity index (χ0n) is 10.2. The Morgan fingerprint density at radius 2 is 2.11 bits per heavy atom. The van der Waals surface area contributed by atoms with Gasteiger partial charge in [0.1, 0.15) is 0 Å². The second-order valence-corrected chi connectivity index (χ2v) is 5.84. The van der Waals surface area contributed by atoms with Gasteiger partial charge in [-0.2, -0.15) is 0 Å². The van der Waals surface area contributed by atoms with E-state index in [1.807, 2.05) is 18.2 Å². The lowest BCUT2D eigenvalue weighted by Crippen LogP contribution is -2.42. The number of urea groups is 1. The van der Waals surface area contributed by atoms with E-state index in [1.54, 1.807) is 6.07 Å². The van der Waals surface area contributed by atoms with Crippen LogP contribution in [0.3, 0.4) is 0 Å². The van der Waals surface area contributed by atoms with E-state index < -0.39 is 11.9 Å². The van der Waals surface area contributed by atoms with Crippen molar-refractivity contribution in [3.8, 4) is 0 Å². The number of hydrogen-bond acceptors (Lipinski definition) is 2. The molecule has 1 fully saturated rings. The van der Waals surface area contributed by atoms with Gasteiger partial charge in [0.05, 0.1) is 5.92 Å². The minimum absolute atomic E-state index is 0.278. The average molecular weight is 374 g/mol. The average Bonchev–Trinajstić information content (AvgIpc) is 2.76. The first-order valence-corrected chi connectivity index (χ1v) is 7.20. The topological polar surface area (TPSA) is 78.4 Å². The van der Waals surface area contributed by atoms with E-state index in [9.17, 15) is 9.59 Å². The standard InChI is InChI=1S/C13H15IN2O3/c14-8-3-1-4-9(7-8)15-13(19)16-11-6-2-5-10(11)12(17)18/h1,3-4,7,10-11H,2,5-6H2,(H,17,18)(H2,15,16,19). The van der Waals surface area contributed by atoms with Gasteiger partial charge in [-0.25, -0.2) is 4.79 Å². The molecule has 0 spiro atoms. The lowest BCUT2D eigenvalue weighted by atomic mass is 10.0. The summed E-state index contributed by atoms with van der Waals surface area (Å²) in [5, 5.41) is 14.5. The van der Waals surface area contributed by atoms with E-state index in [1.165, 1.54) is 0 Å². The van der Waals surface area contributed by atoms with Crippen LogP contribution in [-0.4, -0.2) is 23.1 Å². The highest BCUT2D eigenvalue weighted by molar-refractivity contribution is 14.1. The maximum atomic E-state index is 11.8. The molecule has 1 aromatic carbocycles. The third-order valence-electron chi connectivity index (χ3n) is 3.23. The number of carbonyl (C=O) groups excluding carboxylic acids is 1. The summed E-state index contributed by atoms with van der Waals surface area (Å²) >= 11 is 2.16. The first-order valence-electron chi connectivity index (χ1n) is 6.12. The predicted octanol–water partition coefficient (Wildman–Crippen LogP) is 2.67. The maximum absolute atomic E-state index is 11.8. The Balaban J connectivity index is 1.92. The largest absolute Gasteiger partial charge is 0.481 e. The summed E-state index contributed by atoms with van der Waals surface area (Å²) in [6.45, 7) is 0. The smallest absolute Gasteiger partial charge is 0.319 e. The molecular formula is C13H15IN2O3. The fourth-order valence-electron chi connectivity index (χ4n) is 2.33. The first kappa shape index (κ1) is 14.1. The number of nitrogens with one attached hydrogen (secondary N) is 2. The van der Waals surface area contributed by atoms with Crippen LogP contribution >= 0.6 is 22.6 Å².